The molecular formula is C12H7ClN4O2. The van der Waals surface area contributed by atoms with Gasteiger partial charge in [0.1, 0.15) is 0 Å². The van der Waals surface area contributed by atoms with Gasteiger partial charge in [-0.3, -0.25) is 0 Å². The molecule has 0 radical (unpaired) electrons. The number of halogens is 1. The van der Waals surface area contributed by atoms with E-state index in [-0.39, 0.29) is 11.6 Å². The van der Waals surface area contributed by atoms with Crippen molar-refractivity contribution in [1.82, 2.24) is 19.6 Å². The number of carbonyl (C=O) groups is 1. The Kier molecular flexibility index (Phi) is 2.64. The van der Waals surface area contributed by atoms with Crippen molar-refractivity contribution >= 4 is 23.3 Å². The molecule has 3 rings (SSSR count). The lowest BCUT2D eigenvalue weighted by Crippen LogP contribution is -2.00. The highest BCUT2D eigenvalue weighted by Crippen LogP contribution is 2.21. The summed E-state index contributed by atoms with van der Waals surface area (Å²) in [6, 6.07) is 8.87. The largest absolute Gasteiger partial charge is 0.475 e. The van der Waals surface area contributed by atoms with E-state index in [9.17, 15) is 4.79 Å². The van der Waals surface area contributed by atoms with E-state index in [0.717, 1.165) is 5.56 Å². The van der Waals surface area contributed by atoms with Crippen molar-refractivity contribution in [3.8, 4) is 11.3 Å². The fourth-order valence-corrected chi connectivity index (χ4v) is 1.85. The van der Waals surface area contributed by atoms with Gasteiger partial charge in [-0.15, -0.1) is 5.10 Å². The Balaban J connectivity index is 2.23. The van der Waals surface area contributed by atoms with Gasteiger partial charge in [0.15, 0.2) is 0 Å². The van der Waals surface area contributed by atoms with Crippen LogP contribution in [0.2, 0.25) is 5.02 Å². The van der Waals surface area contributed by atoms with Crippen molar-refractivity contribution in [2.75, 3.05) is 0 Å². The topological polar surface area (TPSA) is 80.4 Å². The van der Waals surface area contributed by atoms with Crippen LogP contribution in [0, 0.1) is 0 Å². The molecule has 0 saturated carbocycles. The van der Waals surface area contributed by atoms with Crippen LogP contribution in [-0.4, -0.2) is 30.7 Å². The summed E-state index contributed by atoms with van der Waals surface area (Å²) in [4.78, 5) is 18.7. The standard InChI is InChI=1S/C12H7ClN4O2/c13-8-3-1-7(2-4-8)9-5-6-14-12-15-10(11(18)19)16-17(9)12/h1-6H,(H,18,19). The van der Waals surface area contributed by atoms with Crippen molar-refractivity contribution in [3.63, 3.8) is 0 Å². The molecule has 2 aromatic heterocycles. The third-order valence-corrected chi connectivity index (χ3v) is 2.82. The van der Waals surface area contributed by atoms with Gasteiger partial charge in [-0.25, -0.2) is 9.78 Å². The van der Waals surface area contributed by atoms with Gasteiger partial charge in [-0.2, -0.15) is 9.50 Å². The molecule has 0 atom stereocenters. The van der Waals surface area contributed by atoms with Gasteiger partial charge in [0.2, 0.25) is 0 Å². The highest BCUT2D eigenvalue weighted by atomic mass is 35.5. The molecular weight excluding hydrogens is 268 g/mol. The van der Waals surface area contributed by atoms with Crippen molar-refractivity contribution < 1.29 is 9.90 Å². The summed E-state index contributed by atoms with van der Waals surface area (Å²) in [5.41, 5.74) is 1.54. The molecule has 0 spiro atoms. The van der Waals surface area contributed by atoms with E-state index in [1.807, 2.05) is 12.1 Å². The number of aromatic nitrogens is 4. The van der Waals surface area contributed by atoms with Gasteiger partial charge in [0.05, 0.1) is 5.69 Å². The van der Waals surface area contributed by atoms with E-state index in [4.69, 9.17) is 16.7 Å². The lowest BCUT2D eigenvalue weighted by molar-refractivity contribution is 0.0684. The Morgan fingerprint density at radius 3 is 2.63 bits per heavy atom. The third-order valence-electron chi connectivity index (χ3n) is 2.57. The Morgan fingerprint density at radius 2 is 1.95 bits per heavy atom. The number of carboxylic acid groups (broad SMARTS) is 1. The van der Waals surface area contributed by atoms with E-state index in [1.165, 1.54) is 4.52 Å². The van der Waals surface area contributed by atoms with Crippen LogP contribution >= 0.6 is 11.6 Å². The summed E-state index contributed by atoms with van der Waals surface area (Å²) in [6.07, 6.45) is 1.56. The first-order valence-electron chi connectivity index (χ1n) is 5.36. The fourth-order valence-electron chi connectivity index (χ4n) is 1.72. The highest BCUT2D eigenvalue weighted by molar-refractivity contribution is 6.30. The fraction of sp³-hybridized carbons (Fsp3) is 0. The summed E-state index contributed by atoms with van der Waals surface area (Å²) >= 11 is 5.84. The van der Waals surface area contributed by atoms with Crippen LogP contribution < -0.4 is 0 Å². The zero-order valence-corrected chi connectivity index (χ0v) is 10.2. The Labute approximate surface area is 112 Å². The number of fused-ring (bicyclic) bond motifs is 1. The number of hydrogen-bond donors (Lipinski definition) is 1. The smallest absolute Gasteiger partial charge is 0.375 e. The number of nitrogens with zero attached hydrogens (tertiary/aromatic N) is 4. The summed E-state index contributed by atoms with van der Waals surface area (Å²) in [7, 11) is 0. The maximum Gasteiger partial charge on any atom is 0.375 e. The monoisotopic (exact) mass is 274 g/mol. The minimum atomic E-state index is -1.19. The lowest BCUT2D eigenvalue weighted by atomic mass is 10.1. The Morgan fingerprint density at radius 1 is 1.21 bits per heavy atom. The van der Waals surface area contributed by atoms with Crippen molar-refractivity contribution in [3.05, 3.63) is 47.4 Å². The highest BCUT2D eigenvalue weighted by Gasteiger charge is 2.14. The minimum Gasteiger partial charge on any atom is -0.475 e. The molecule has 19 heavy (non-hydrogen) atoms. The van der Waals surface area contributed by atoms with E-state index in [1.54, 1.807) is 24.4 Å². The molecule has 0 aliphatic carbocycles. The second-order valence-electron chi connectivity index (χ2n) is 3.79. The number of hydrogen-bond acceptors (Lipinski definition) is 4. The predicted molar refractivity (Wildman–Crippen MR) is 68.2 cm³/mol. The maximum absolute atomic E-state index is 10.9. The Hall–Kier alpha value is -2.47. The zero-order chi connectivity index (χ0) is 13.4. The van der Waals surface area contributed by atoms with Gasteiger partial charge < -0.3 is 5.11 Å². The summed E-state index contributed by atoms with van der Waals surface area (Å²) in [5, 5.41) is 13.4. The van der Waals surface area contributed by atoms with Crippen molar-refractivity contribution in [1.29, 1.82) is 0 Å². The Bertz CT molecular complexity index is 767. The van der Waals surface area contributed by atoms with E-state index >= 15 is 0 Å². The van der Waals surface area contributed by atoms with Gasteiger partial charge in [0.25, 0.3) is 11.6 Å². The molecule has 0 aliphatic heterocycles. The van der Waals surface area contributed by atoms with Gasteiger partial charge >= 0.3 is 5.97 Å². The van der Waals surface area contributed by atoms with Crippen LogP contribution in [0.25, 0.3) is 17.0 Å². The summed E-state index contributed by atoms with van der Waals surface area (Å²) in [5.74, 6) is -1.23. The molecule has 2 heterocycles. The second kappa shape index (κ2) is 4.33. The average Bonchev–Trinajstić information content (AvgIpc) is 2.83. The van der Waals surface area contributed by atoms with Crippen molar-refractivity contribution in [2.45, 2.75) is 0 Å². The van der Waals surface area contributed by atoms with Crippen LogP contribution in [0.1, 0.15) is 10.6 Å². The van der Waals surface area contributed by atoms with Crippen LogP contribution in [0.5, 0.6) is 0 Å². The van der Waals surface area contributed by atoms with E-state index in [2.05, 4.69) is 15.1 Å². The molecule has 0 saturated heterocycles. The molecule has 94 valence electrons. The van der Waals surface area contributed by atoms with Crippen LogP contribution in [-0.2, 0) is 0 Å². The maximum atomic E-state index is 10.9. The summed E-state index contributed by atoms with van der Waals surface area (Å²) < 4.78 is 1.40. The first-order chi connectivity index (χ1) is 9.15. The molecule has 0 bridgehead atoms. The molecule has 3 aromatic rings. The first-order valence-corrected chi connectivity index (χ1v) is 5.74. The van der Waals surface area contributed by atoms with Gasteiger partial charge in [0, 0.05) is 16.8 Å². The number of aromatic carboxylic acids is 1. The molecule has 0 aliphatic rings. The van der Waals surface area contributed by atoms with Crippen LogP contribution in [0.4, 0.5) is 0 Å². The number of benzene rings is 1. The molecule has 1 aromatic carbocycles. The van der Waals surface area contributed by atoms with Gasteiger partial charge in [-0.05, 0) is 18.2 Å². The zero-order valence-electron chi connectivity index (χ0n) is 9.49. The molecule has 0 amide bonds. The van der Waals surface area contributed by atoms with Crippen LogP contribution in [0.15, 0.2) is 36.5 Å². The molecule has 6 nitrogen and oxygen atoms in total. The minimum absolute atomic E-state index is 0.241. The second-order valence-corrected chi connectivity index (χ2v) is 4.23. The van der Waals surface area contributed by atoms with E-state index in [0.29, 0.717) is 10.7 Å². The quantitative estimate of drug-likeness (QED) is 0.774. The normalized spacial score (nSPS) is 10.8. The SMILES string of the molecule is O=C(O)c1nc2nccc(-c3ccc(Cl)cc3)n2n1. The molecule has 0 fully saturated rings. The molecule has 7 heteroatoms. The lowest BCUT2D eigenvalue weighted by Gasteiger charge is -2.03. The third kappa shape index (κ3) is 2.02. The van der Waals surface area contributed by atoms with E-state index < -0.39 is 5.97 Å². The number of carboxylic acids is 1. The van der Waals surface area contributed by atoms with Crippen LogP contribution in [0.3, 0.4) is 0 Å². The van der Waals surface area contributed by atoms with Gasteiger partial charge in [-0.1, -0.05) is 23.7 Å². The summed E-state index contributed by atoms with van der Waals surface area (Å²) in [6.45, 7) is 0. The average molecular weight is 275 g/mol. The number of rotatable bonds is 2. The molecule has 1 N–H and O–H groups in total. The predicted octanol–water partition coefficient (Wildman–Crippen LogP) is 2.14. The van der Waals surface area contributed by atoms with Crippen molar-refractivity contribution in [2.24, 2.45) is 0 Å². The first kappa shape index (κ1) is 11.6. The molecule has 0 unspecified atom stereocenters.